The summed E-state index contributed by atoms with van der Waals surface area (Å²) in [4.78, 5) is 0. The van der Waals surface area contributed by atoms with Crippen LogP contribution in [-0.2, 0) is 5.41 Å². The fourth-order valence-electron chi connectivity index (χ4n) is 6.36. The maximum absolute atomic E-state index is 3.97. The summed E-state index contributed by atoms with van der Waals surface area (Å²) in [5.74, 6) is 0.594. The van der Waals surface area contributed by atoms with Gasteiger partial charge in [-0.05, 0) is 102 Å². The lowest BCUT2D eigenvalue weighted by molar-refractivity contribution is 0.527. The predicted molar refractivity (Wildman–Crippen MR) is 160 cm³/mol. The lowest BCUT2D eigenvalue weighted by Crippen LogP contribution is -2.28. The average Bonchev–Trinajstić information content (AvgIpc) is 3.22. The maximum atomic E-state index is 3.97. The van der Waals surface area contributed by atoms with E-state index in [9.17, 15) is 0 Å². The van der Waals surface area contributed by atoms with Gasteiger partial charge in [0.05, 0.1) is 0 Å². The number of benzene rings is 4. The summed E-state index contributed by atoms with van der Waals surface area (Å²) in [7, 11) is 0. The van der Waals surface area contributed by atoms with Crippen molar-refractivity contribution in [3.8, 4) is 22.3 Å². The van der Waals surface area contributed by atoms with Gasteiger partial charge in [0.1, 0.15) is 0 Å². The maximum Gasteiger partial charge on any atom is 0.0466 e. The first-order valence-corrected chi connectivity index (χ1v) is 14.0. The van der Waals surface area contributed by atoms with Crippen molar-refractivity contribution in [3.63, 3.8) is 0 Å². The average molecular weight is 485 g/mol. The number of unbranched alkanes of at least 4 members (excludes halogenated alkanes) is 2. The van der Waals surface area contributed by atoms with Gasteiger partial charge in [0, 0.05) is 5.41 Å². The van der Waals surface area contributed by atoms with Crippen molar-refractivity contribution in [1.82, 2.24) is 0 Å². The zero-order valence-electron chi connectivity index (χ0n) is 23.0. The molecular weight excluding hydrogens is 444 g/mol. The Morgan fingerprint density at radius 1 is 0.757 bits per heavy atom. The van der Waals surface area contributed by atoms with Crippen molar-refractivity contribution in [2.45, 2.75) is 71.1 Å². The van der Waals surface area contributed by atoms with Crippen molar-refractivity contribution in [1.29, 1.82) is 0 Å². The molecule has 37 heavy (non-hydrogen) atoms. The first-order chi connectivity index (χ1) is 18.0. The number of fused-ring (bicyclic) bond motifs is 3. The molecule has 0 spiro atoms. The van der Waals surface area contributed by atoms with Gasteiger partial charge in [-0.2, -0.15) is 0 Å². The molecule has 0 nitrogen and oxygen atoms in total. The quantitative estimate of drug-likeness (QED) is 0.164. The molecule has 0 fully saturated rings. The van der Waals surface area contributed by atoms with Gasteiger partial charge in [-0.15, -0.1) is 6.58 Å². The van der Waals surface area contributed by atoms with Gasteiger partial charge in [-0.1, -0.05) is 111 Å². The first kappa shape index (κ1) is 25.3. The van der Waals surface area contributed by atoms with E-state index in [0.29, 0.717) is 5.92 Å². The van der Waals surface area contributed by atoms with Crippen LogP contribution in [0.25, 0.3) is 22.3 Å². The highest BCUT2D eigenvalue weighted by atomic mass is 14.5. The largest absolute Gasteiger partial charge is 0.103 e. The molecule has 0 saturated carbocycles. The van der Waals surface area contributed by atoms with E-state index in [4.69, 9.17) is 0 Å². The molecule has 2 atom stereocenters. The molecule has 0 aromatic heterocycles. The van der Waals surface area contributed by atoms with Crippen LogP contribution in [-0.4, -0.2) is 0 Å². The van der Waals surface area contributed by atoms with Gasteiger partial charge in [0.25, 0.3) is 0 Å². The number of aryl methyl sites for hydroxylation is 2. The van der Waals surface area contributed by atoms with Gasteiger partial charge < -0.3 is 0 Å². The molecule has 0 N–H and O–H groups in total. The Bertz CT molecular complexity index is 1400. The van der Waals surface area contributed by atoms with Gasteiger partial charge >= 0.3 is 0 Å². The van der Waals surface area contributed by atoms with Crippen LogP contribution in [0.2, 0.25) is 0 Å². The van der Waals surface area contributed by atoms with Crippen LogP contribution in [0.1, 0.15) is 85.3 Å². The fraction of sp³-hybridized carbons (Fsp3) is 0.297. The Kier molecular flexibility index (Phi) is 7.20. The smallest absolute Gasteiger partial charge is 0.0466 e. The molecule has 0 heteroatoms. The van der Waals surface area contributed by atoms with Gasteiger partial charge in [0.2, 0.25) is 0 Å². The predicted octanol–water partition coefficient (Wildman–Crippen LogP) is 10.5. The first-order valence-electron chi connectivity index (χ1n) is 14.0. The Labute approximate surface area is 224 Å². The molecule has 5 rings (SSSR count). The van der Waals surface area contributed by atoms with Crippen LogP contribution in [0.5, 0.6) is 0 Å². The molecule has 0 amide bonds. The molecule has 4 aromatic rings. The molecule has 1 aliphatic rings. The topological polar surface area (TPSA) is 0 Å². The van der Waals surface area contributed by atoms with E-state index in [1.165, 1.54) is 74.9 Å². The summed E-state index contributed by atoms with van der Waals surface area (Å²) in [6.07, 6.45) is 7.74. The third-order valence-corrected chi connectivity index (χ3v) is 8.64. The summed E-state index contributed by atoms with van der Waals surface area (Å²) in [6.45, 7) is 13.1. The second-order valence-corrected chi connectivity index (χ2v) is 11.0. The lowest BCUT2D eigenvalue weighted by atomic mass is 9.67. The summed E-state index contributed by atoms with van der Waals surface area (Å²) in [6, 6.07) is 32.6. The van der Waals surface area contributed by atoms with Crippen molar-refractivity contribution in [2.75, 3.05) is 0 Å². The highest BCUT2D eigenvalue weighted by Gasteiger charge is 2.44. The summed E-state index contributed by atoms with van der Waals surface area (Å²) in [5.41, 5.74) is 13.8. The number of rotatable bonds is 9. The van der Waals surface area contributed by atoms with Crippen LogP contribution < -0.4 is 0 Å². The number of hydrogen-bond acceptors (Lipinski definition) is 0. The van der Waals surface area contributed by atoms with E-state index in [0.717, 1.165) is 12.8 Å². The molecule has 4 aromatic carbocycles. The zero-order chi connectivity index (χ0) is 26.0. The summed E-state index contributed by atoms with van der Waals surface area (Å²) in [5, 5.41) is 0. The highest BCUT2D eigenvalue weighted by molar-refractivity contribution is 5.86. The van der Waals surface area contributed by atoms with Crippen LogP contribution >= 0.6 is 0 Å². The molecule has 0 saturated heterocycles. The minimum Gasteiger partial charge on any atom is -0.103 e. The van der Waals surface area contributed by atoms with Crippen LogP contribution in [0.3, 0.4) is 0 Å². The third-order valence-electron chi connectivity index (χ3n) is 8.64. The molecular formula is C37H40. The van der Waals surface area contributed by atoms with Crippen LogP contribution in [0.4, 0.5) is 0 Å². The molecule has 0 bridgehead atoms. The van der Waals surface area contributed by atoms with Crippen LogP contribution in [0, 0.1) is 13.8 Å². The Morgan fingerprint density at radius 2 is 1.49 bits per heavy atom. The second-order valence-electron chi connectivity index (χ2n) is 11.0. The normalized spacial score (nSPS) is 16.8. The van der Waals surface area contributed by atoms with Crippen molar-refractivity contribution in [3.05, 3.63) is 131 Å². The number of hydrogen-bond donors (Lipinski definition) is 0. The monoisotopic (exact) mass is 484 g/mol. The Balaban J connectivity index is 1.71. The second kappa shape index (κ2) is 10.5. The molecule has 0 heterocycles. The standard InChI is InChI=1S/C37H40/c1-6-8-9-12-23-37(35-24-26(3)15-16-28(35)5)34-14-11-10-13-32(34)33-22-21-31(25-36(33)37)30-19-17-29(18-20-30)27(4)7-2/h6,10-11,13-22,24-25,27H,1,7-9,12,23H2,2-5H3. The Morgan fingerprint density at radius 3 is 2.24 bits per heavy atom. The zero-order valence-corrected chi connectivity index (χ0v) is 23.0. The minimum absolute atomic E-state index is 0.143. The molecule has 1 aliphatic carbocycles. The summed E-state index contributed by atoms with van der Waals surface area (Å²) < 4.78 is 0. The van der Waals surface area contributed by atoms with E-state index in [2.05, 4.69) is 125 Å². The van der Waals surface area contributed by atoms with Crippen molar-refractivity contribution >= 4 is 0 Å². The van der Waals surface area contributed by atoms with Gasteiger partial charge in [-0.3, -0.25) is 0 Å². The van der Waals surface area contributed by atoms with Gasteiger partial charge in [-0.25, -0.2) is 0 Å². The molecule has 0 radical (unpaired) electrons. The van der Waals surface area contributed by atoms with Crippen molar-refractivity contribution in [2.24, 2.45) is 0 Å². The van der Waals surface area contributed by atoms with E-state index in [1.807, 2.05) is 0 Å². The number of allylic oxidation sites excluding steroid dienone is 1. The highest BCUT2D eigenvalue weighted by Crippen LogP contribution is 2.56. The molecule has 0 aliphatic heterocycles. The van der Waals surface area contributed by atoms with E-state index in [-0.39, 0.29) is 5.41 Å². The van der Waals surface area contributed by atoms with Gasteiger partial charge in [0.15, 0.2) is 0 Å². The third kappa shape index (κ3) is 4.48. The van der Waals surface area contributed by atoms with E-state index in [1.54, 1.807) is 0 Å². The minimum atomic E-state index is -0.143. The summed E-state index contributed by atoms with van der Waals surface area (Å²) >= 11 is 0. The fourth-order valence-corrected chi connectivity index (χ4v) is 6.36. The van der Waals surface area contributed by atoms with Crippen molar-refractivity contribution < 1.29 is 0 Å². The Hall–Kier alpha value is -3.38. The lowest BCUT2D eigenvalue weighted by Gasteiger charge is -2.35. The molecule has 188 valence electrons. The SMILES string of the molecule is C=CCCCCC1(c2cc(C)ccc2C)c2ccccc2-c2ccc(-c3ccc(C(C)CC)cc3)cc21. The van der Waals surface area contributed by atoms with E-state index >= 15 is 0 Å². The van der Waals surface area contributed by atoms with Crippen LogP contribution in [0.15, 0.2) is 97.6 Å². The molecule has 2 unspecified atom stereocenters. The van der Waals surface area contributed by atoms with E-state index < -0.39 is 0 Å².